The van der Waals surface area contributed by atoms with Gasteiger partial charge in [0.15, 0.2) is 11.5 Å². The van der Waals surface area contributed by atoms with Crippen LogP contribution in [0.5, 0.6) is 5.88 Å². The Balaban J connectivity index is 0.00000149. The minimum Gasteiger partial charge on any atom is -0.480 e. The number of carbonyl (C=O) groups excluding carboxylic acids is 1. The molecule has 0 radical (unpaired) electrons. The second-order valence-corrected chi connectivity index (χ2v) is 6.65. The molecular formula is C24H24N6O3. The lowest BCUT2D eigenvalue weighted by Crippen LogP contribution is -2.03. The van der Waals surface area contributed by atoms with Gasteiger partial charge < -0.3 is 15.2 Å². The van der Waals surface area contributed by atoms with Crippen LogP contribution in [0.1, 0.15) is 31.9 Å². The number of benzene rings is 1. The van der Waals surface area contributed by atoms with Gasteiger partial charge in [-0.3, -0.25) is 9.36 Å². The van der Waals surface area contributed by atoms with E-state index in [0.29, 0.717) is 28.4 Å². The van der Waals surface area contributed by atoms with Gasteiger partial charge in [0, 0.05) is 18.8 Å². The summed E-state index contributed by atoms with van der Waals surface area (Å²) >= 11 is 0. The Morgan fingerprint density at radius 3 is 2.52 bits per heavy atom. The first-order chi connectivity index (χ1) is 16.0. The zero-order valence-electron chi connectivity index (χ0n) is 18.9. The van der Waals surface area contributed by atoms with Crippen molar-refractivity contribution in [3.63, 3.8) is 0 Å². The number of imidazole rings is 1. The Morgan fingerprint density at radius 2 is 1.91 bits per heavy atom. The molecule has 0 unspecified atom stereocenters. The summed E-state index contributed by atoms with van der Waals surface area (Å²) in [7, 11) is 1.46. The molecule has 1 aromatic carbocycles. The maximum absolute atomic E-state index is 11.1. The van der Waals surface area contributed by atoms with Crippen molar-refractivity contribution < 1.29 is 14.3 Å². The van der Waals surface area contributed by atoms with E-state index in [1.54, 1.807) is 18.3 Å². The molecule has 168 valence electrons. The van der Waals surface area contributed by atoms with Crippen LogP contribution in [0.4, 0.5) is 5.82 Å². The molecule has 9 heteroatoms. The molecule has 0 saturated heterocycles. The Kier molecular flexibility index (Phi) is 7.20. The summed E-state index contributed by atoms with van der Waals surface area (Å²) in [5.74, 6) is 0.702. The predicted molar refractivity (Wildman–Crippen MR) is 125 cm³/mol. The summed E-state index contributed by atoms with van der Waals surface area (Å²) in [6.45, 7) is 5.55. The highest BCUT2D eigenvalue weighted by Crippen LogP contribution is 2.32. The maximum atomic E-state index is 11.1. The normalized spacial score (nSPS) is 10.2. The monoisotopic (exact) mass is 444 g/mol. The van der Waals surface area contributed by atoms with Crippen LogP contribution in [0.3, 0.4) is 0 Å². The molecule has 33 heavy (non-hydrogen) atoms. The van der Waals surface area contributed by atoms with Crippen molar-refractivity contribution in [2.45, 2.75) is 27.4 Å². The summed E-state index contributed by atoms with van der Waals surface area (Å²) in [5, 5.41) is 9.41. The molecular weight excluding hydrogens is 420 g/mol. The van der Waals surface area contributed by atoms with E-state index >= 15 is 0 Å². The van der Waals surface area contributed by atoms with Crippen LogP contribution in [0.15, 0.2) is 48.7 Å². The van der Waals surface area contributed by atoms with Gasteiger partial charge in [0.2, 0.25) is 5.88 Å². The number of nitrogens with two attached hydrogens (primary N) is 1. The van der Waals surface area contributed by atoms with E-state index in [1.807, 2.05) is 48.7 Å². The van der Waals surface area contributed by atoms with Crippen molar-refractivity contribution in [2.75, 3.05) is 12.8 Å². The van der Waals surface area contributed by atoms with Gasteiger partial charge in [-0.05, 0) is 35.9 Å². The molecule has 0 amide bonds. The molecule has 0 aliphatic carbocycles. The zero-order valence-corrected chi connectivity index (χ0v) is 18.9. The van der Waals surface area contributed by atoms with Gasteiger partial charge in [-0.15, -0.1) is 0 Å². The van der Waals surface area contributed by atoms with E-state index in [9.17, 15) is 10.1 Å². The summed E-state index contributed by atoms with van der Waals surface area (Å²) in [6, 6.07) is 14.7. The van der Waals surface area contributed by atoms with Crippen LogP contribution in [-0.4, -0.2) is 32.6 Å². The minimum atomic E-state index is -0.344. The molecule has 2 N–H and O–H groups in total. The average Bonchev–Trinajstić information content (AvgIpc) is 3.21. The number of anilines is 1. The molecule has 4 aromatic rings. The molecule has 9 nitrogen and oxygen atoms in total. The lowest BCUT2D eigenvalue weighted by Gasteiger charge is -2.11. The van der Waals surface area contributed by atoms with Crippen LogP contribution in [-0.2, 0) is 16.1 Å². The van der Waals surface area contributed by atoms with E-state index < -0.39 is 0 Å². The number of pyridine rings is 2. The second kappa shape index (κ2) is 10.2. The van der Waals surface area contributed by atoms with E-state index in [1.165, 1.54) is 14.0 Å². The topological polar surface area (TPSA) is 129 Å². The molecule has 4 rings (SSSR count). The number of aromatic nitrogens is 4. The number of nitriles is 1. The van der Waals surface area contributed by atoms with Crippen LogP contribution in [0, 0.1) is 11.3 Å². The lowest BCUT2D eigenvalue weighted by atomic mass is 10.2. The van der Waals surface area contributed by atoms with E-state index in [2.05, 4.69) is 16.0 Å². The molecule has 3 aromatic heterocycles. The quantitative estimate of drug-likeness (QED) is 0.457. The number of carbonyl (C=O) groups is 1. The Labute approximate surface area is 191 Å². The number of nitrogens with zero attached hydrogens (tertiary/aromatic N) is 5. The molecule has 3 heterocycles. The standard InChI is InChI=1S/C22H18N6O3.C2H6/c1-13(29)31-12-14-5-7-16(8-6-14)28-20(17-4-3-9-25-19(17)24)26-18-10-15(11-23)22(30-2)27-21(18)28;1-2/h3-10H,12H2,1-2H3,(H2,24,25);1-2H3. The second-order valence-electron chi connectivity index (χ2n) is 6.65. The fraction of sp³-hybridized carbons (Fsp3) is 0.208. The number of hydrogen-bond acceptors (Lipinski definition) is 8. The van der Waals surface area contributed by atoms with Gasteiger partial charge in [-0.2, -0.15) is 10.2 Å². The summed E-state index contributed by atoms with van der Waals surface area (Å²) < 4.78 is 12.2. The van der Waals surface area contributed by atoms with Gasteiger partial charge in [0.25, 0.3) is 0 Å². The molecule has 0 saturated carbocycles. The predicted octanol–water partition coefficient (Wildman–Crippen LogP) is 4.03. The Bertz CT molecular complexity index is 1320. The number of fused-ring (bicyclic) bond motifs is 1. The summed E-state index contributed by atoms with van der Waals surface area (Å²) in [6.07, 6.45) is 1.60. The highest BCUT2D eigenvalue weighted by molar-refractivity contribution is 5.84. The molecule has 0 aliphatic heterocycles. The highest BCUT2D eigenvalue weighted by atomic mass is 16.5. The van der Waals surface area contributed by atoms with Gasteiger partial charge in [0.05, 0.1) is 12.7 Å². The maximum Gasteiger partial charge on any atom is 0.302 e. The van der Waals surface area contributed by atoms with Crippen molar-refractivity contribution in [1.29, 1.82) is 5.26 Å². The lowest BCUT2D eigenvalue weighted by molar-refractivity contribution is -0.142. The van der Waals surface area contributed by atoms with Gasteiger partial charge in [-0.25, -0.2) is 9.97 Å². The third-order valence-electron chi connectivity index (χ3n) is 4.63. The van der Waals surface area contributed by atoms with Crippen molar-refractivity contribution in [3.05, 3.63) is 59.8 Å². The Hall–Kier alpha value is -4.45. The molecule has 0 bridgehead atoms. The van der Waals surface area contributed by atoms with Gasteiger partial charge in [-0.1, -0.05) is 26.0 Å². The van der Waals surface area contributed by atoms with E-state index in [0.717, 1.165) is 11.3 Å². The highest BCUT2D eigenvalue weighted by Gasteiger charge is 2.20. The van der Waals surface area contributed by atoms with E-state index in [-0.39, 0.29) is 24.0 Å². The largest absolute Gasteiger partial charge is 0.480 e. The van der Waals surface area contributed by atoms with Crippen LogP contribution < -0.4 is 10.5 Å². The first kappa shape index (κ1) is 23.2. The minimum absolute atomic E-state index is 0.181. The van der Waals surface area contributed by atoms with Crippen LogP contribution in [0.2, 0.25) is 0 Å². The first-order valence-corrected chi connectivity index (χ1v) is 10.3. The third-order valence-corrected chi connectivity index (χ3v) is 4.63. The molecule has 0 spiro atoms. The number of esters is 1. The third kappa shape index (κ3) is 4.75. The van der Waals surface area contributed by atoms with Crippen LogP contribution >= 0.6 is 0 Å². The average molecular weight is 444 g/mol. The summed E-state index contributed by atoms with van der Waals surface area (Å²) in [5.41, 5.74) is 9.63. The fourth-order valence-corrected chi connectivity index (χ4v) is 3.18. The number of ether oxygens (including phenoxy) is 2. The zero-order chi connectivity index (χ0) is 24.0. The summed E-state index contributed by atoms with van der Waals surface area (Å²) in [4.78, 5) is 24.4. The number of nitrogen functional groups attached to an aromatic ring is 1. The smallest absolute Gasteiger partial charge is 0.302 e. The number of rotatable bonds is 5. The molecule has 0 fully saturated rings. The van der Waals surface area contributed by atoms with Crippen molar-refractivity contribution in [2.24, 2.45) is 0 Å². The molecule has 0 atom stereocenters. The van der Waals surface area contributed by atoms with Gasteiger partial charge >= 0.3 is 5.97 Å². The molecule has 0 aliphatic rings. The van der Waals surface area contributed by atoms with Crippen LogP contribution in [0.25, 0.3) is 28.2 Å². The number of methoxy groups -OCH3 is 1. The first-order valence-electron chi connectivity index (χ1n) is 10.3. The van der Waals surface area contributed by atoms with E-state index in [4.69, 9.17) is 20.2 Å². The van der Waals surface area contributed by atoms with Crippen molar-refractivity contribution in [1.82, 2.24) is 19.5 Å². The number of hydrogen-bond donors (Lipinski definition) is 1. The van der Waals surface area contributed by atoms with Crippen molar-refractivity contribution in [3.8, 4) is 29.0 Å². The van der Waals surface area contributed by atoms with Gasteiger partial charge in [0.1, 0.15) is 29.6 Å². The Morgan fingerprint density at radius 1 is 1.18 bits per heavy atom. The SMILES string of the molecule is CC.COc1nc2c(cc1C#N)nc(-c1cccnc1N)n2-c1ccc(COC(C)=O)cc1. The fourth-order valence-electron chi connectivity index (χ4n) is 3.18. The van der Waals surface area contributed by atoms with Crippen molar-refractivity contribution >= 4 is 23.0 Å².